The van der Waals surface area contributed by atoms with Gasteiger partial charge in [0.1, 0.15) is 23.1 Å². The number of carbonyl (C=O) groups excluding carboxylic acids is 3. The van der Waals surface area contributed by atoms with Crippen molar-refractivity contribution in [3.63, 3.8) is 0 Å². The molecule has 10 heteroatoms. The first-order valence-electron chi connectivity index (χ1n) is 11.5. The first-order chi connectivity index (χ1) is 17.9. The number of benzene rings is 2. The predicted octanol–water partition coefficient (Wildman–Crippen LogP) is 3.79. The van der Waals surface area contributed by atoms with E-state index in [-0.39, 0.29) is 23.6 Å². The number of ether oxygens (including phenoxy) is 4. The van der Waals surface area contributed by atoms with E-state index in [1.807, 2.05) is 6.07 Å². The van der Waals surface area contributed by atoms with Crippen LogP contribution >= 0.6 is 0 Å². The molecule has 3 rings (SSSR count). The molecule has 2 aromatic rings. The molecule has 10 nitrogen and oxygen atoms in total. The molecule has 1 aliphatic heterocycles. The second-order valence-corrected chi connectivity index (χ2v) is 7.60. The van der Waals surface area contributed by atoms with Crippen molar-refractivity contribution in [3.8, 4) is 29.1 Å². The average Bonchev–Trinajstić information content (AvgIpc) is 2.87. The fourth-order valence-electron chi connectivity index (χ4n) is 3.74. The maximum absolute atomic E-state index is 13.5. The molecule has 1 N–H and O–H groups in total. The topological polar surface area (TPSA) is 127 Å². The lowest BCUT2D eigenvalue weighted by molar-refractivity contribution is -0.122. The van der Waals surface area contributed by atoms with Gasteiger partial charge in [-0.2, -0.15) is 5.26 Å². The standard InChI is InChI=1S/C27H27N3O7/c1-5-8-18-13-17(15-23(34-4)24(18)37-12-11-28)14-20-25(31)29-27(33)30(26(20)32)21-16-19(35-6-2)9-10-22(21)36-7-3/h5,9-10,13-16H,1,6-8,12H2,2-4H3,(H,29,31,33)/b20-14+. The maximum atomic E-state index is 13.5. The number of carbonyl (C=O) groups is 3. The number of hydrogen-bond acceptors (Lipinski definition) is 8. The summed E-state index contributed by atoms with van der Waals surface area (Å²) in [5.74, 6) is -0.318. The Morgan fingerprint density at radius 3 is 2.46 bits per heavy atom. The highest BCUT2D eigenvalue weighted by atomic mass is 16.5. The predicted molar refractivity (Wildman–Crippen MR) is 136 cm³/mol. The van der Waals surface area contributed by atoms with E-state index in [1.165, 1.54) is 19.3 Å². The van der Waals surface area contributed by atoms with Crippen LogP contribution in [0.3, 0.4) is 0 Å². The summed E-state index contributed by atoms with van der Waals surface area (Å²) in [5, 5.41) is 11.1. The molecule has 1 heterocycles. The Hall–Kier alpha value is -4.78. The van der Waals surface area contributed by atoms with Gasteiger partial charge in [-0.25, -0.2) is 9.69 Å². The van der Waals surface area contributed by atoms with E-state index in [9.17, 15) is 14.4 Å². The first kappa shape index (κ1) is 26.8. The number of nitrogens with one attached hydrogen (secondary N) is 1. The summed E-state index contributed by atoms with van der Waals surface area (Å²) in [7, 11) is 1.43. The van der Waals surface area contributed by atoms with Gasteiger partial charge in [0.15, 0.2) is 18.1 Å². The quantitative estimate of drug-likeness (QED) is 0.278. The molecule has 0 bridgehead atoms. The number of urea groups is 1. The number of allylic oxidation sites excluding steroid dienone is 1. The Morgan fingerprint density at radius 1 is 1.05 bits per heavy atom. The minimum absolute atomic E-state index is 0.138. The van der Waals surface area contributed by atoms with Gasteiger partial charge in [-0.05, 0) is 56.2 Å². The highest BCUT2D eigenvalue weighted by Gasteiger charge is 2.38. The van der Waals surface area contributed by atoms with E-state index in [4.69, 9.17) is 24.2 Å². The van der Waals surface area contributed by atoms with Crippen LogP contribution in [0.15, 0.2) is 48.6 Å². The molecule has 37 heavy (non-hydrogen) atoms. The lowest BCUT2D eigenvalue weighted by Crippen LogP contribution is -2.54. The number of hydrogen-bond donors (Lipinski definition) is 1. The summed E-state index contributed by atoms with van der Waals surface area (Å²) in [6.07, 6.45) is 3.37. The average molecular weight is 506 g/mol. The molecular formula is C27H27N3O7. The van der Waals surface area contributed by atoms with E-state index in [2.05, 4.69) is 11.9 Å². The van der Waals surface area contributed by atoms with Crippen LogP contribution in [0.2, 0.25) is 0 Å². The van der Waals surface area contributed by atoms with Gasteiger partial charge in [-0.1, -0.05) is 6.08 Å². The van der Waals surface area contributed by atoms with Crippen LogP contribution in [0.25, 0.3) is 6.08 Å². The van der Waals surface area contributed by atoms with Gasteiger partial charge in [0.2, 0.25) is 0 Å². The van der Waals surface area contributed by atoms with Gasteiger partial charge >= 0.3 is 6.03 Å². The number of anilines is 1. The third-order valence-electron chi connectivity index (χ3n) is 5.21. The lowest BCUT2D eigenvalue weighted by Gasteiger charge is -2.28. The second-order valence-electron chi connectivity index (χ2n) is 7.60. The molecule has 0 atom stereocenters. The molecule has 0 aromatic heterocycles. The number of imide groups is 2. The Kier molecular flexibility index (Phi) is 8.89. The van der Waals surface area contributed by atoms with E-state index in [1.54, 1.807) is 44.2 Å². The van der Waals surface area contributed by atoms with Crippen LogP contribution in [0.1, 0.15) is 25.0 Å². The molecule has 1 aliphatic rings. The van der Waals surface area contributed by atoms with Gasteiger partial charge in [-0.3, -0.25) is 14.9 Å². The summed E-state index contributed by atoms with van der Waals surface area (Å²) in [4.78, 5) is 39.9. The van der Waals surface area contributed by atoms with Crippen LogP contribution in [0.5, 0.6) is 23.0 Å². The van der Waals surface area contributed by atoms with E-state index in [0.29, 0.717) is 48.0 Å². The fraction of sp³-hybridized carbons (Fsp3) is 0.259. The van der Waals surface area contributed by atoms with Crippen LogP contribution < -0.4 is 29.2 Å². The zero-order valence-corrected chi connectivity index (χ0v) is 20.8. The molecule has 192 valence electrons. The van der Waals surface area contributed by atoms with E-state index >= 15 is 0 Å². The normalized spacial score (nSPS) is 14.2. The second kappa shape index (κ2) is 12.3. The van der Waals surface area contributed by atoms with E-state index in [0.717, 1.165) is 4.90 Å². The first-order valence-corrected chi connectivity index (χ1v) is 11.5. The van der Waals surface area contributed by atoms with Crippen molar-refractivity contribution in [3.05, 3.63) is 59.7 Å². The Labute approximate surface area is 214 Å². The minimum atomic E-state index is -0.910. The molecule has 4 amide bonds. The van der Waals surface area contributed by atoms with Crippen LogP contribution in [-0.4, -0.2) is 44.8 Å². The van der Waals surface area contributed by atoms with Crippen molar-refractivity contribution in [2.24, 2.45) is 0 Å². The van der Waals surface area contributed by atoms with Crippen molar-refractivity contribution in [1.82, 2.24) is 5.32 Å². The van der Waals surface area contributed by atoms with Gasteiger partial charge in [0, 0.05) is 11.6 Å². The van der Waals surface area contributed by atoms with Crippen molar-refractivity contribution in [1.29, 1.82) is 5.26 Å². The van der Waals surface area contributed by atoms with Crippen LogP contribution in [0.4, 0.5) is 10.5 Å². The summed E-state index contributed by atoms with van der Waals surface area (Å²) >= 11 is 0. The fourth-order valence-corrected chi connectivity index (χ4v) is 3.74. The molecule has 1 fully saturated rings. The molecule has 0 radical (unpaired) electrons. The SMILES string of the molecule is C=CCc1cc(/C=C2\C(=O)NC(=O)N(c3cc(OCC)ccc3OCC)C2=O)cc(OC)c1OCC#N. The number of nitriles is 1. The van der Waals surface area contributed by atoms with Crippen molar-refractivity contribution in [2.75, 3.05) is 31.8 Å². The molecule has 2 aromatic carbocycles. The number of barbiturate groups is 1. The monoisotopic (exact) mass is 505 g/mol. The zero-order chi connectivity index (χ0) is 26.9. The third-order valence-corrected chi connectivity index (χ3v) is 5.21. The zero-order valence-electron chi connectivity index (χ0n) is 20.8. The highest BCUT2D eigenvalue weighted by molar-refractivity contribution is 6.39. The number of nitrogens with zero attached hydrogens (tertiary/aromatic N) is 2. The summed E-state index contributed by atoms with van der Waals surface area (Å²) in [6, 6.07) is 9.01. The van der Waals surface area contributed by atoms with Gasteiger partial charge < -0.3 is 18.9 Å². The summed E-state index contributed by atoms with van der Waals surface area (Å²) in [5.41, 5.74) is 0.940. The van der Waals surface area contributed by atoms with E-state index < -0.39 is 17.8 Å². The Balaban J connectivity index is 2.11. The van der Waals surface area contributed by atoms with Crippen molar-refractivity contribution < 1.29 is 33.3 Å². The lowest BCUT2D eigenvalue weighted by atomic mass is 10.0. The minimum Gasteiger partial charge on any atom is -0.494 e. The van der Waals surface area contributed by atoms with Gasteiger partial charge in [0.05, 0.1) is 26.0 Å². The molecule has 0 spiro atoms. The van der Waals surface area contributed by atoms with Crippen molar-refractivity contribution in [2.45, 2.75) is 20.3 Å². The highest BCUT2D eigenvalue weighted by Crippen LogP contribution is 2.37. The molecule has 0 aliphatic carbocycles. The molecule has 1 saturated heterocycles. The Bertz CT molecular complexity index is 1290. The number of amides is 4. The van der Waals surface area contributed by atoms with Crippen molar-refractivity contribution >= 4 is 29.6 Å². The third kappa shape index (κ3) is 5.90. The summed E-state index contributed by atoms with van der Waals surface area (Å²) in [6.45, 7) is 7.78. The maximum Gasteiger partial charge on any atom is 0.336 e. The molecule has 0 unspecified atom stereocenters. The van der Waals surface area contributed by atoms with Gasteiger partial charge in [0.25, 0.3) is 11.8 Å². The smallest absolute Gasteiger partial charge is 0.336 e. The van der Waals surface area contributed by atoms with Crippen LogP contribution in [-0.2, 0) is 16.0 Å². The number of methoxy groups -OCH3 is 1. The van der Waals surface area contributed by atoms with Gasteiger partial charge in [-0.15, -0.1) is 6.58 Å². The number of rotatable bonds is 11. The molecular weight excluding hydrogens is 478 g/mol. The Morgan fingerprint density at radius 2 is 1.81 bits per heavy atom. The largest absolute Gasteiger partial charge is 0.494 e. The summed E-state index contributed by atoms with van der Waals surface area (Å²) < 4.78 is 22.1. The molecule has 0 saturated carbocycles. The van der Waals surface area contributed by atoms with Crippen LogP contribution in [0, 0.1) is 11.3 Å².